The van der Waals surface area contributed by atoms with Crippen LogP contribution in [-0.4, -0.2) is 19.6 Å². The number of ether oxygens (including phenoxy) is 1. The third-order valence-electron chi connectivity index (χ3n) is 1.94. The van der Waals surface area contributed by atoms with Gasteiger partial charge in [0.25, 0.3) is 0 Å². The van der Waals surface area contributed by atoms with Crippen molar-refractivity contribution in [2.24, 2.45) is 0 Å². The first-order chi connectivity index (χ1) is 7.84. The standard InChI is InChI=1S/C10H9BrF3NO2/c1-17-9(16)5-15-8-4-6(10(12,13)14)2-3-7(8)11/h2-4,15H,5H2,1H3. The maximum atomic E-state index is 12.4. The van der Waals surface area contributed by atoms with Gasteiger partial charge in [0.05, 0.1) is 12.7 Å². The number of anilines is 1. The lowest BCUT2D eigenvalue weighted by Crippen LogP contribution is -2.16. The predicted molar refractivity (Wildman–Crippen MR) is 59.6 cm³/mol. The summed E-state index contributed by atoms with van der Waals surface area (Å²) in [7, 11) is 1.20. The first kappa shape index (κ1) is 13.8. The third kappa shape index (κ3) is 3.92. The fourth-order valence-corrected chi connectivity index (χ4v) is 1.46. The molecule has 0 aliphatic rings. The van der Waals surface area contributed by atoms with Gasteiger partial charge in [-0.25, -0.2) is 0 Å². The van der Waals surface area contributed by atoms with E-state index >= 15 is 0 Å². The van der Waals surface area contributed by atoms with Crippen molar-refractivity contribution >= 4 is 27.6 Å². The molecule has 0 heterocycles. The molecule has 0 saturated heterocycles. The molecule has 1 N–H and O–H groups in total. The largest absolute Gasteiger partial charge is 0.468 e. The van der Waals surface area contributed by atoms with Gasteiger partial charge in [0, 0.05) is 10.2 Å². The number of alkyl halides is 3. The number of esters is 1. The van der Waals surface area contributed by atoms with Gasteiger partial charge in [-0.2, -0.15) is 13.2 Å². The molecule has 0 spiro atoms. The number of methoxy groups -OCH3 is 1. The predicted octanol–water partition coefficient (Wildman–Crippen LogP) is 3.05. The Morgan fingerprint density at radius 2 is 2.12 bits per heavy atom. The van der Waals surface area contributed by atoms with E-state index in [1.807, 2.05) is 0 Å². The van der Waals surface area contributed by atoms with Gasteiger partial charge in [-0.3, -0.25) is 4.79 Å². The van der Waals surface area contributed by atoms with Crippen LogP contribution in [0, 0.1) is 0 Å². The molecule has 1 rings (SSSR count). The van der Waals surface area contributed by atoms with E-state index < -0.39 is 17.7 Å². The molecule has 0 atom stereocenters. The van der Waals surface area contributed by atoms with Crippen molar-refractivity contribution < 1.29 is 22.7 Å². The summed E-state index contributed by atoms with van der Waals surface area (Å²) >= 11 is 3.09. The normalized spacial score (nSPS) is 11.1. The zero-order chi connectivity index (χ0) is 13.1. The van der Waals surface area contributed by atoms with Crippen LogP contribution in [0.1, 0.15) is 5.56 Å². The van der Waals surface area contributed by atoms with Crippen LogP contribution in [0.25, 0.3) is 0 Å². The molecule has 3 nitrogen and oxygen atoms in total. The van der Waals surface area contributed by atoms with Gasteiger partial charge in [0.1, 0.15) is 6.54 Å². The summed E-state index contributed by atoms with van der Waals surface area (Å²) in [4.78, 5) is 10.9. The molecule has 0 saturated carbocycles. The van der Waals surface area contributed by atoms with E-state index in [9.17, 15) is 18.0 Å². The molecule has 1 aromatic carbocycles. The fourth-order valence-electron chi connectivity index (χ4n) is 1.08. The number of carbonyl (C=O) groups excluding carboxylic acids is 1. The van der Waals surface area contributed by atoms with Crippen LogP contribution in [0.15, 0.2) is 22.7 Å². The van der Waals surface area contributed by atoms with Crippen molar-refractivity contribution in [2.45, 2.75) is 6.18 Å². The Labute approximate surface area is 104 Å². The zero-order valence-electron chi connectivity index (χ0n) is 8.77. The number of nitrogens with one attached hydrogen (secondary N) is 1. The number of hydrogen-bond donors (Lipinski definition) is 1. The Hall–Kier alpha value is -1.24. The van der Waals surface area contributed by atoms with Crippen LogP contribution in [0.4, 0.5) is 18.9 Å². The second kappa shape index (κ2) is 5.39. The van der Waals surface area contributed by atoms with E-state index in [0.717, 1.165) is 12.1 Å². The Bertz CT molecular complexity index is 421. The fraction of sp³-hybridized carbons (Fsp3) is 0.300. The highest BCUT2D eigenvalue weighted by atomic mass is 79.9. The van der Waals surface area contributed by atoms with Gasteiger partial charge in [-0.05, 0) is 34.1 Å². The van der Waals surface area contributed by atoms with Crippen molar-refractivity contribution in [3.63, 3.8) is 0 Å². The molecule has 94 valence electrons. The van der Waals surface area contributed by atoms with Gasteiger partial charge in [-0.1, -0.05) is 0 Å². The van der Waals surface area contributed by atoms with Crippen LogP contribution in [0.5, 0.6) is 0 Å². The Balaban J connectivity index is 2.88. The highest BCUT2D eigenvalue weighted by molar-refractivity contribution is 9.10. The van der Waals surface area contributed by atoms with Crippen LogP contribution in [0.2, 0.25) is 0 Å². The maximum absolute atomic E-state index is 12.4. The number of rotatable bonds is 3. The van der Waals surface area contributed by atoms with E-state index in [1.165, 1.54) is 13.2 Å². The van der Waals surface area contributed by atoms with Crippen molar-refractivity contribution in [1.82, 2.24) is 0 Å². The molecule has 0 aliphatic carbocycles. The molecular formula is C10H9BrF3NO2. The van der Waals surface area contributed by atoms with Crippen LogP contribution < -0.4 is 5.32 Å². The van der Waals surface area contributed by atoms with E-state index in [1.54, 1.807) is 0 Å². The van der Waals surface area contributed by atoms with Crippen molar-refractivity contribution in [1.29, 1.82) is 0 Å². The summed E-state index contributed by atoms with van der Waals surface area (Å²) in [5.74, 6) is -0.561. The SMILES string of the molecule is COC(=O)CNc1cc(C(F)(F)F)ccc1Br. The van der Waals surface area contributed by atoms with Gasteiger partial charge in [-0.15, -0.1) is 0 Å². The van der Waals surface area contributed by atoms with Crippen molar-refractivity contribution in [2.75, 3.05) is 19.0 Å². The lowest BCUT2D eigenvalue weighted by molar-refractivity contribution is -0.138. The van der Waals surface area contributed by atoms with E-state index in [2.05, 4.69) is 26.0 Å². The first-order valence-corrected chi connectivity index (χ1v) is 5.31. The number of halogens is 4. The lowest BCUT2D eigenvalue weighted by atomic mass is 10.2. The van der Waals surface area contributed by atoms with Gasteiger partial charge >= 0.3 is 12.1 Å². The number of hydrogen-bond acceptors (Lipinski definition) is 3. The molecule has 0 amide bonds. The minimum absolute atomic E-state index is 0.185. The molecule has 0 aromatic heterocycles. The van der Waals surface area contributed by atoms with Gasteiger partial charge in [0.2, 0.25) is 0 Å². The minimum Gasteiger partial charge on any atom is -0.468 e. The molecule has 0 fully saturated rings. The average Bonchev–Trinajstić information content (AvgIpc) is 2.26. The molecule has 7 heteroatoms. The summed E-state index contributed by atoms with van der Waals surface area (Å²) in [5.41, 5.74) is -0.599. The van der Waals surface area contributed by atoms with E-state index in [-0.39, 0.29) is 12.2 Å². The zero-order valence-corrected chi connectivity index (χ0v) is 10.4. The quantitative estimate of drug-likeness (QED) is 0.872. The Morgan fingerprint density at radius 1 is 1.47 bits per heavy atom. The van der Waals surface area contributed by atoms with E-state index in [0.29, 0.717) is 4.47 Å². The summed E-state index contributed by atoms with van der Waals surface area (Å²) in [6.45, 7) is -0.198. The molecule has 0 radical (unpaired) electrons. The maximum Gasteiger partial charge on any atom is 0.416 e. The van der Waals surface area contributed by atoms with Crippen molar-refractivity contribution in [3.8, 4) is 0 Å². The minimum atomic E-state index is -4.41. The molecular weight excluding hydrogens is 303 g/mol. The molecule has 1 aromatic rings. The van der Waals surface area contributed by atoms with Crippen LogP contribution in [0.3, 0.4) is 0 Å². The summed E-state index contributed by atoms with van der Waals surface area (Å²) in [6.07, 6.45) is -4.41. The molecule has 0 aliphatic heterocycles. The molecule has 0 unspecified atom stereocenters. The third-order valence-corrected chi connectivity index (χ3v) is 2.64. The second-order valence-corrected chi connectivity index (χ2v) is 3.98. The highest BCUT2D eigenvalue weighted by Gasteiger charge is 2.30. The Morgan fingerprint density at radius 3 is 2.65 bits per heavy atom. The topological polar surface area (TPSA) is 38.3 Å². The molecule has 17 heavy (non-hydrogen) atoms. The summed E-state index contributed by atoms with van der Waals surface area (Å²) < 4.78 is 42.1. The lowest BCUT2D eigenvalue weighted by Gasteiger charge is -2.11. The highest BCUT2D eigenvalue weighted by Crippen LogP contribution is 2.33. The van der Waals surface area contributed by atoms with Gasteiger partial charge in [0.15, 0.2) is 0 Å². The van der Waals surface area contributed by atoms with Crippen molar-refractivity contribution in [3.05, 3.63) is 28.2 Å². The van der Waals surface area contributed by atoms with Crippen LogP contribution >= 0.6 is 15.9 Å². The summed E-state index contributed by atoms with van der Waals surface area (Å²) in [6, 6.07) is 3.14. The average molecular weight is 312 g/mol. The Kier molecular flexibility index (Phi) is 4.39. The summed E-state index contributed by atoms with van der Waals surface area (Å²) in [5, 5.41) is 2.55. The smallest absolute Gasteiger partial charge is 0.416 e. The second-order valence-electron chi connectivity index (χ2n) is 3.12. The monoisotopic (exact) mass is 311 g/mol. The number of carbonyl (C=O) groups is 1. The van der Waals surface area contributed by atoms with Crippen LogP contribution in [-0.2, 0) is 15.7 Å². The first-order valence-electron chi connectivity index (χ1n) is 4.52. The van der Waals surface area contributed by atoms with Gasteiger partial charge < -0.3 is 10.1 Å². The number of benzene rings is 1. The van der Waals surface area contributed by atoms with E-state index in [4.69, 9.17) is 0 Å². The molecule has 0 bridgehead atoms.